The van der Waals surface area contributed by atoms with Crippen molar-refractivity contribution in [1.29, 1.82) is 0 Å². The van der Waals surface area contributed by atoms with E-state index in [1.54, 1.807) is 0 Å². The Kier molecular flexibility index (Phi) is 6.43. The summed E-state index contributed by atoms with van der Waals surface area (Å²) in [6.45, 7) is 10.9. The fraction of sp³-hybridized carbons (Fsp3) is 0.652. The van der Waals surface area contributed by atoms with Gasteiger partial charge in [-0.2, -0.15) is 0 Å². The lowest BCUT2D eigenvalue weighted by atomic mass is 9.93. The van der Waals surface area contributed by atoms with E-state index in [0.717, 1.165) is 31.6 Å². The van der Waals surface area contributed by atoms with E-state index < -0.39 is 0 Å². The van der Waals surface area contributed by atoms with Crippen LogP contribution in [0.2, 0.25) is 0 Å². The van der Waals surface area contributed by atoms with Crippen LogP contribution in [-0.4, -0.2) is 53.8 Å². The van der Waals surface area contributed by atoms with Crippen LogP contribution in [0.1, 0.15) is 52.0 Å². The molecule has 1 atom stereocenters. The summed E-state index contributed by atoms with van der Waals surface area (Å²) >= 11 is 0. The number of rotatable bonds is 4. The number of piperazine rings is 1. The first-order chi connectivity index (χ1) is 13.3. The van der Waals surface area contributed by atoms with Gasteiger partial charge in [0.15, 0.2) is 0 Å². The summed E-state index contributed by atoms with van der Waals surface area (Å²) < 4.78 is 0. The average molecular weight is 386 g/mol. The minimum atomic E-state index is -0.351. The number of benzene rings is 1. The van der Waals surface area contributed by atoms with Crippen LogP contribution in [0.3, 0.4) is 0 Å². The number of hydrogen-bond acceptors (Lipinski definition) is 3. The third-order valence-electron chi connectivity index (χ3n) is 6.07. The van der Waals surface area contributed by atoms with Crippen LogP contribution in [0.25, 0.3) is 0 Å². The van der Waals surface area contributed by atoms with Crippen molar-refractivity contribution in [3.8, 4) is 0 Å². The molecule has 1 unspecified atom stereocenters. The quantitative estimate of drug-likeness (QED) is 0.860. The molecule has 5 nitrogen and oxygen atoms in total. The average Bonchev–Trinajstić information content (AvgIpc) is 3.17. The van der Waals surface area contributed by atoms with Crippen LogP contribution in [-0.2, 0) is 9.59 Å². The molecule has 28 heavy (non-hydrogen) atoms. The Balaban J connectivity index is 1.68. The second kappa shape index (κ2) is 8.64. The zero-order valence-corrected chi connectivity index (χ0v) is 17.8. The lowest BCUT2D eigenvalue weighted by Crippen LogP contribution is -2.58. The molecule has 2 amide bonds. The highest BCUT2D eigenvalue weighted by Crippen LogP contribution is 2.32. The molecule has 1 aliphatic heterocycles. The van der Waals surface area contributed by atoms with E-state index in [1.165, 1.54) is 18.4 Å². The minimum Gasteiger partial charge on any atom is -0.340 e. The van der Waals surface area contributed by atoms with Crippen LogP contribution in [0.5, 0.6) is 0 Å². The largest absolute Gasteiger partial charge is 0.340 e. The van der Waals surface area contributed by atoms with Gasteiger partial charge >= 0.3 is 0 Å². The zero-order chi connectivity index (χ0) is 20.3. The molecular weight excluding hydrogens is 350 g/mol. The van der Waals surface area contributed by atoms with Crippen LogP contribution < -0.4 is 5.32 Å². The first-order valence-electron chi connectivity index (χ1n) is 10.7. The Morgan fingerprint density at radius 1 is 1.00 bits per heavy atom. The number of hydrogen-bond donors (Lipinski definition) is 1. The number of nitrogens with one attached hydrogen (secondary N) is 1. The molecule has 1 aromatic rings. The smallest absolute Gasteiger partial charge is 0.242 e. The van der Waals surface area contributed by atoms with E-state index in [2.05, 4.69) is 10.2 Å². The Morgan fingerprint density at radius 2 is 1.57 bits per heavy atom. The number of aryl methyl sites for hydroxylation is 1. The van der Waals surface area contributed by atoms with Crippen molar-refractivity contribution in [3.63, 3.8) is 0 Å². The second-order valence-electron chi connectivity index (χ2n) is 9.42. The van der Waals surface area contributed by atoms with E-state index in [0.29, 0.717) is 19.0 Å². The van der Waals surface area contributed by atoms with Crippen molar-refractivity contribution >= 4 is 17.5 Å². The summed E-state index contributed by atoms with van der Waals surface area (Å²) in [4.78, 5) is 30.1. The third kappa shape index (κ3) is 4.93. The maximum Gasteiger partial charge on any atom is 0.242 e. The van der Waals surface area contributed by atoms with Gasteiger partial charge in [-0.05, 0) is 37.8 Å². The summed E-state index contributed by atoms with van der Waals surface area (Å²) in [5, 5.41) is 3.14. The first-order valence-corrected chi connectivity index (χ1v) is 10.7. The Hall–Kier alpha value is -1.88. The highest BCUT2D eigenvalue weighted by atomic mass is 16.2. The molecule has 1 N–H and O–H groups in total. The van der Waals surface area contributed by atoms with Gasteiger partial charge in [0.25, 0.3) is 0 Å². The molecule has 0 radical (unpaired) electrons. The van der Waals surface area contributed by atoms with Crippen LogP contribution in [0, 0.1) is 18.3 Å². The summed E-state index contributed by atoms with van der Waals surface area (Å²) in [6, 6.07) is 7.89. The maximum atomic E-state index is 13.2. The van der Waals surface area contributed by atoms with Gasteiger partial charge in [0.05, 0.1) is 6.04 Å². The molecule has 0 aromatic heterocycles. The third-order valence-corrected chi connectivity index (χ3v) is 6.07. The van der Waals surface area contributed by atoms with Crippen molar-refractivity contribution < 1.29 is 9.59 Å². The molecule has 0 bridgehead atoms. The van der Waals surface area contributed by atoms with Gasteiger partial charge in [-0.3, -0.25) is 14.5 Å². The molecule has 1 aromatic carbocycles. The summed E-state index contributed by atoms with van der Waals surface area (Å²) in [5.41, 5.74) is 1.70. The lowest BCUT2D eigenvalue weighted by molar-refractivity contribution is -0.142. The van der Waals surface area contributed by atoms with Crippen molar-refractivity contribution in [1.82, 2.24) is 9.80 Å². The van der Waals surface area contributed by atoms with Crippen LogP contribution in [0.15, 0.2) is 24.3 Å². The topological polar surface area (TPSA) is 52.7 Å². The van der Waals surface area contributed by atoms with Crippen LogP contribution in [0.4, 0.5) is 5.69 Å². The number of carbonyl (C=O) groups is 2. The molecule has 0 spiro atoms. The fourth-order valence-corrected chi connectivity index (χ4v) is 4.48. The normalized spacial score (nSPS) is 20.2. The highest BCUT2D eigenvalue weighted by Gasteiger charge is 2.38. The van der Waals surface area contributed by atoms with Crippen molar-refractivity contribution in [2.45, 2.75) is 59.4 Å². The van der Waals surface area contributed by atoms with Gasteiger partial charge in [0.1, 0.15) is 0 Å². The Morgan fingerprint density at radius 3 is 2.11 bits per heavy atom. The predicted molar refractivity (Wildman–Crippen MR) is 113 cm³/mol. The van der Waals surface area contributed by atoms with Gasteiger partial charge in [-0.15, -0.1) is 0 Å². The monoisotopic (exact) mass is 385 g/mol. The number of carbonyl (C=O) groups excluding carboxylic acids is 2. The van der Waals surface area contributed by atoms with Gasteiger partial charge < -0.3 is 10.2 Å². The second-order valence-corrected chi connectivity index (χ2v) is 9.42. The van der Waals surface area contributed by atoms with E-state index in [-0.39, 0.29) is 23.3 Å². The molecule has 1 aliphatic carbocycles. The first kappa shape index (κ1) is 20.8. The number of nitrogens with zero attached hydrogens (tertiary/aromatic N) is 2. The highest BCUT2D eigenvalue weighted by molar-refractivity contribution is 5.95. The van der Waals surface area contributed by atoms with E-state index in [9.17, 15) is 9.59 Å². The van der Waals surface area contributed by atoms with E-state index in [1.807, 2.05) is 56.9 Å². The van der Waals surface area contributed by atoms with Gasteiger partial charge in [0, 0.05) is 37.3 Å². The molecule has 2 aliphatic rings. The van der Waals surface area contributed by atoms with Gasteiger partial charge in [-0.25, -0.2) is 0 Å². The van der Waals surface area contributed by atoms with Crippen molar-refractivity contribution in [3.05, 3.63) is 29.8 Å². The van der Waals surface area contributed by atoms with E-state index in [4.69, 9.17) is 0 Å². The molecule has 3 rings (SSSR count). The van der Waals surface area contributed by atoms with Crippen molar-refractivity contribution in [2.75, 3.05) is 31.5 Å². The standard InChI is InChI=1S/C23H35N3O2/c1-17-9-11-19(12-10-17)24-21(27)20(18-7-5-6-8-18)25-13-15-26(16-14-25)22(28)23(2,3)4/h9-12,18,20H,5-8,13-16H2,1-4H3,(H,24,27). The molecular formula is C23H35N3O2. The zero-order valence-electron chi connectivity index (χ0n) is 17.8. The number of amides is 2. The van der Waals surface area contributed by atoms with Gasteiger partial charge in [0.2, 0.25) is 11.8 Å². The SMILES string of the molecule is Cc1ccc(NC(=O)C(C2CCCC2)N2CCN(C(=O)C(C)(C)C)CC2)cc1. The molecule has 1 saturated heterocycles. The summed E-state index contributed by atoms with van der Waals surface area (Å²) in [7, 11) is 0. The summed E-state index contributed by atoms with van der Waals surface area (Å²) in [6.07, 6.45) is 4.66. The molecule has 154 valence electrons. The van der Waals surface area contributed by atoms with E-state index >= 15 is 0 Å². The van der Waals surface area contributed by atoms with Crippen molar-refractivity contribution in [2.24, 2.45) is 11.3 Å². The minimum absolute atomic E-state index is 0.101. The molecule has 5 heteroatoms. The molecule has 1 heterocycles. The number of anilines is 1. The maximum absolute atomic E-state index is 13.2. The Labute approximate surface area is 169 Å². The lowest BCUT2D eigenvalue weighted by Gasteiger charge is -2.42. The summed E-state index contributed by atoms with van der Waals surface area (Å²) in [5.74, 6) is 0.718. The van der Waals surface area contributed by atoms with Gasteiger partial charge in [-0.1, -0.05) is 51.3 Å². The molecule has 1 saturated carbocycles. The van der Waals surface area contributed by atoms with Crippen LogP contribution >= 0.6 is 0 Å². The fourth-order valence-electron chi connectivity index (χ4n) is 4.48. The molecule has 2 fully saturated rings. The Bertz CT molecular complexity index is 679. The predicted octanol–water partition coefficient (Wildman–Crippen LogP) is 3.68.